The summed E-state index contributed by atoms with van der Waals surface area (Å²) in [6.07, 6.45) is -4.95. The monoisotopic (exact) mass is 387 g/mol. The molecule has 1 aromatic rings. The highest BCUT2D eigenvalue weighted by atomic mass is 79.9. The van der Waals surface area contributed by atoms with Crippen LogP contribution >= 0.6 is 31.9 Å². The number of amides is 1. The van der Waals surface area contributed by atoms with E-state index in [4.69, 9.17) is 0 Å². The Morgan fingerprint density at radius 2 is 1.89 bits per heavy atom. The van der Waals surface area contributed by atoms with Gasteiger partial charge in [0.05, 0.1) is 11.0 Å². The SMILES string of the molecule is O=C(CBr)c1ccc(NC(=O)C(F)(F)F)c(Br)c1. The summed E-state index contributed by atoms with van der Waals surface area (Å²) >= 11 is 5.97. The van der Waals surface area contributed by atoms with Gasteiger partial charge in [-0.25, -0.2) is 0 Å². The van der Waals surface area contributed by atoms with Gasteiger partial charge in [-0.3, -0.25) is 9.59 Å². The molecule has 3 nitrogen and oxygen atoms in total. The molecule has 1 amide bonds. The van der Waals surface area contributed by atoms with Crippen molar-refractivity contribution < 1.29 is 22.8 Å². The summed E-state index contributed by atoms with van der Waals surface area (Å²) in [5.41, 5.74) is 0.271. The molecule has 0 aliphatic carbocycles. The lowest BCUT2D eigenvalue weighted by Crippen LogP contribution is -2.30. The Morgan fingerprint density at radius 3 is 2.33 bits per heavy atom. The number of nitrogens with one attached hydrogen (secondary N) is 1. The topological polar surface area (TPSA) is 46.2 Å². The van der Waals surface area contributed by atoms with E-state index in [9.17, 15) is 22.8 Å². The van der Waals surface area contributed by atoms with Gasteiger partial charge in [-0.15, -0.1) is 0 Å². The summed E-state index contributed by atoms with van der Waals surface area (Å²) in [7, 11) is 0. The maximum absolute atomic E-state index is 12.0. The van der Waals surface area contributed by atoms with Gasteiger partial charge in [0.25, 0.3) is 0 Å². The Hall–Kier alpha value is -0.890. The van der Waals surface area contributed by atoms with E-state index >= 15 is 0 Å². The average molecular weight is 389 g/mol. The number of carbonyl (C=O) groups is 2. The molecule has 0 aliphatic rings. The van der Waals surface area contributed by atoms with Crippen LogP contribution in [0.4, 0.5) is 18.9 Å². The molecule has 0 saturated carbocycles. The fourth-order valence-electron chi connectivity index (χ4n) is 1.06. The zero-order valence-electron chi connectivity index (χ0n) is 8.65. The molecule has 0 atom stereocenters. The molecule has 0 radical (unpaired) electrons. The van der Waals surface area contributed by atoms with Crippen molar-refractivity contribution in [1.29, 1.82) is 0 Å². The summed E-state index contributed by atoms with van der Waals surface area (Å²) in [6, 6.07) is 3.90. The molecule has 0 spiro atoms. The Labute approximate surface area is 117 Å². The van der Waals surface area contributed by atoms with Gasteiger partial charge < -0.3 is 5.32 Å². The summed E-state index contributed by atoms with van der Waals surface area (Å²) in [6.45, 7) is 0. The van der Waals surface area contributed by atoms with Gasteiger partial charge >= 0.3 is 12.1 Å². The second kappa shape index (κ2) is 5.83. The van der Waals surface area contributed by atoms with Crippen LogP contribution in [0.25, 0.3) is 0 Å². The van der Waals surface area contributed by atoms with Crippen molar-refractivity contribution in [3.05, 3.63) is 28.2 Å². The van der Waals surface area contributed by atoms with E-state index in [1.807, 2.05) is 0 Å². The maximum atomic E-state index is 12.0. The van der Waals surface area contributed by atoms with Crippen LogP contribution in [0.1, 0.15) is 10.4 Å². The summed E-state index contributed by atoms with van der Waals surface area (Å²) < 4.78 is 36.3. The number of carbonyl (C=O) groups excluding carboxylic acids is 2. The lowest BCUT2D eigenvalue weighted by molar-refractivity contribution is -0.167. The molecule has 0 bridgehead atoms. The van der Waals surface area contributed by atoms with Crippen molar-refractivity contribution in [3.63, 3.8) is 0 Å². The molecule has 0 aliphatic heterocycles. The minimum Gasteiger partial charge on any atom is -0.317 e. The molecule has 8 heteroatoms. The second-order valence-corrected chi connectivity index (χ2v) is 4.62. The smallest absolute Gasteiger partial charge is 0.317 e. The standard InChI is InChI=1S/C10H6Br2F3NO2/c11-4-8(17)5-1-2-7(6(12)3-5)16-9(18)10(13,14)15/h1-3H,4H2,(H,16,18). The third-order valence-electron chi connectivity index (χ3n) is 1.92. The average Bonchev–Trinajstić information content (AvgIpc) is 2.29. The fourth-order valence-corrected chi connectivity index (χ4v) is 1.86. The van der Waals surface area contributed by atoms with E-state index in [2.05, 4.69) is 31.9 Å². The number of rotatable bonds is 3. The minimum atomic E-state index is -4.95. The number of Topliss-reactive ketones (excluding diaryl/α,β-unsaturated/α-hetero) is 1. The number of hydrogen-bond acceptors (Lipinski definition) is 2. The van der Waals surface area contributed by atoms with Crippen LogP contribution in [-0.4, -0.2) is 23.2 Å². The Morgan fingerprint density at radius 1 is 1.28 bits per heavy atom. The van der Waals surface area contributed by atoms with E-state index in [1.54, 1.807) is 5.32 Å². The first kappa shape index (κ1) is 15.2. The zero-order valence-corrected chi connectivity index (χ0v) is 11.8. The molecule has 1 aromatic carbocycles. The first-order chi connectivity index (χ1) is 8.25. The highest BCUT2D eigenvalue weighted by molar-refractivity contribution is 9.10. The van der Waals surface area contributed by atoms with Gasteiger partial charge in [0.2, 0.25) is 0 Å². The number of ketones is 1. The van der Waals surface area contributed by atoms with Crippen molar-refractivity contribution in [3.8, 4) is 0 Å². The van der Waals surface area contributed by atoms with Gasteiger partial charge in [-0.2, -0.15) is 13.2 Å². The summed E-state index contributed by atoms with van der Waals surface area (Å²) in [4.78, 5) is 22.1. The lowest BCUT2D eigenvalue weighted by atomic mass is 10.1. The van der Waals surface area contributed by atoms with Crippen molar-refractivity contribution in [2.45, 2.75) is 6.18 Å². The van der Waals surface area contributed by atoms with Gasteiger partial charge in [0.1, 0.15) is 0 Å². The van der Waals surface area contributed by atoms with Crippen LogP contribution in [0.15, 0.2) is 22.7 Å². The van der Waals surface area contributed by atoms with E-state index in [0.29, 0.717) is 5.56 Å². The largest absolute Gasteiger partial charge is 0.471 e. The highest BCUT2D eigenvalue weighted by Gasteiger charge is 2.38. The van der Waals surface area contributed by atoms with Crippen LogP contribution in [0, 0.1) is 0 Å². The molecular weight excluding hydrogens is 383 g/mol. The summed E-state index contributed by atoms with van der Waals surface area (Å²) in [5.74, 6) is -2.29. The molecule has 98 valence electrons. The Bertz CT molecular complexity index is 489. The van der Waals surface area contributed by atoms with Crippen molar-refractivity contribution in [2.75, 3.05) is 10.6 Å². The van der Waals surface area contributed by atoms with Crippen molar-refractivity contribution in [2.24, 2.45) is 0 Å². The van der Waals surface area contributed by atoms with E-state index in [-0.39, 0.29) is 21.3 Å². The number of alkyl halides is 4. The fraction of sp³-hybridized carbons (Fsp3) is 0.200. The lowest BCUT2D eigenvalue weighted by Gasteiger charge is -2.10. The Kier molecular flexibility index (Phi) is 4.92. The van der Waals surface area contributed by atoms with E-state index < -0.39 is 12.1 Å². The highest BCUT2D eigenvalue weighted by Crippen LogP contribution is 2.26. The van der Waals surface area contributed by atoms with Crippen LogP contribution < -0.4 is 5.32 Å². The molecule has 0 aromatic heterocycles. The van der Waals surface area contributed by atoms with Crippen LogP contribution in [-0.2, 0) is 4.79 Å². The van der Waals surface area contributed by atoms with Crippen LogP contribution in [0.3, 0.4) is 0 Å². The molecular formula is C10H6Br2F3NO2. The van der Waals surface area contributed by atoms with Crippen LogP contribution in [0.5, 0.6) is 0 Å². The van der Waals surface area contributed by atoms with Gasteiger partial charge in [0, 0.05) is 10.0 Å². The molecule has 0 saturated heterocycles. The normalized spacial score (nSPS) is 11.2. The number of benzene rings is 1. The number of halogens is 5. The second-order valence-electron chi connectivity index (χ2n) is 3.20. The molecule has 0 heterocycles. The van der Waals surface area contributed by atoms with Gasteiger partial charge in [0.15, 0.2) is 5.78 Å². The molecule has 0 unspecified atom stereocenters. The molecule has 1 N–H and O–H groups in total. The van der Waals surface area contributed by atoms with Crippen molar-refractivity contribution in [1.82, 2.24) is 0 Å². The van der Waals surface area contributed by atoms with E-state index in [1.165, 1.54) is 18.2 Å². The summed E-state index contributed by atoms with van der Waals surface area (Å²) in [5, 5.41) is 1.81. The number of anilines is 1. The number of hydrogen-bond donors (Lipinski definition) is 1. The molecule has 1 rings (SSSR count). The van der Waals surface area contributed by atoms with E-state index in [0.717, 1.165) is 0 Å². The first-order valence-corrected chi connectivity index (χ1v) is 6.44. The van der Waals surface area contributed by atoms with Gasteiger partial charge in [-0.05, 0) is 34.1 Å². The Balaban J connectivity index is 2.94. The maximum Gasteiger partial charge on any atom is 0.471 e. The predicted molar refractivity (Wildman–Crippen MR) is 67.0 cm³/mol. The minimum absolute atomic E-state index is 0.0524. The third kappa shape index (κ3) is 3.81. The van der Waals surface area contributed by atoms with Crippen LogP contribution in [0.2, 0.25) is 0 Å². The zero-order chi connectivity index (χ0) is 13.9. The van der Waals surface area contributed by atoms with Gasteiger partial charge in [-0.1, -0.05) is 15.9 Å². The predicted octanol–water partition coefficient (Wildman–Crippen LogP) is 3.53. The first-order valence-electron chi connectivity index (χ1n) is 4.52. The quantitative estimate of drug-likeness (QED) is 0.636. The molecule has 18 heavy (non-hydrogen) atoms. The third-order valence-corrected chi connectivity index (χ3v) is 3.08. The molecule has 0 fully saturated rings. The van der Waals surface area contributed by atoms with Crippen molar-refractivity contribution >= 4 is 49.2 Å².